The largest absolute Gasteiger partial charge is 0.338 e. The van der Waals surface area contributed by atoms with Gasteiger partial charge in [-0.25, -0.2) is 0 Å². The van der Waals surface area contributed by atoms with Gasteiger partial charge in [0.2, 0.25) is 17.6 Å². The Morgan fingerprint density at radius 1 is 1.38 bits per heavy atom. The number of rotatable bonds is 6. The van der Waals surface area contributed by atoms with Crippen molar-refractivity contribution < 1.29 is 9.32 Å². The predicted octanol–water partition coefficient (Wildman–Crippen LogP) is 2.65. The van der Waals surface area contributed by atoms with Gasteiger partial charge in [0.15, 0.2) is 5.16 Å². The second kappa shape index (κ2) is 7.55. The van der Waals surface area contributed by atoms with Gasteiger partial charge in [0.1, 0.15) is 0 Å². The molecule has 29 heavy (non-hydrogen) atoms. The van der Waals surface area contributed by atoms with E-state index in [1.807, 2.05) is 12.1 Å². The average Bonchev–Trinajstić information content (AvgIpc) is 3.31. The first-order valence-corrected chi connectivity index (χ1v) is 9.76. The van der Waals surface area contributed by atoms with Crippen LogP contribution in [0.3, 0.4) is 0 Å². The monoisotopic (exact) mass is 410 g/mol. The van der Waals surface area contributed by atoms with E-state index in [0.717, 1.165) is 0 Å². The number of para-hydroxylation sites is 1. The predicted molar refractivity (Wildman–Crippen MR) is 110 cm³/mol. The number of nitrogens with one attached hydrogen (secondary N) is 1. The van der Waals surface area contributed by atoms with Crippen molar-refractivity contribution in [3.63, 3.8) is 0 Å². The third kappa shape index (κ3) is 3.42. The van der Waals surface area contributed by atoms with E-state index in [-0.39, 0.29) is 17.4 Å². The van der Waals surface area contributed by atoms with Gasteiger partial charge in [-0.2, -0.15) is 0 Å². The van der Waals surface area contributed by atoms with E-state index in [4.69, 9.17) is 4.52 Å². The quantitative estimate of drug-likeness (QED) is 0.385. The van der Waals surface area contributed by atoms with E-state index in [1.165, 1.54) is 16.3 Å². The van der Waals surface area contributed by atoms with Gasteiger partial charge in [0.25, 0.3) is 5.56 Å². The number of allylic oxidation sites excluding steroid dienone is 1. The van der Waals surface area contributed by atoms with Gasteiger partial charge in [-0.15, -0.1) is 16.8 Å². The van der Waals surface area contributed by atoms with Crippen molar-refractivity contribution in [3.05, 3.63) is 59.0 Å². The van der Waals surface area contributed by atoms with Crippen LogP contribution in [0.1, 0.15) is 12.6 Å². The lowest BCUT2D eigenvalue weighted by molar-refractivity contribution is -0.115. The fourth-order valence-corrected chi connectivity index (χ4v) is 3.82. The average molecular weight is 410 g/mol. The lowest BCUT2D eigenvalue weighted by atomic mass is 10.2. The van der Waals surface area contributed by atoms with E-state index in [0.29, 0.717) is 34.1 Å². The molecule has 3 heterocycles. The molecule has 4 aromatic rings. The second-order valence-electron chi connectivity index (χ2n) is 6.42. The summed E-state index contributed by atoms with van der Waals surface area (Å²) in [6.45, 7) is 7.54. The maximum Gasteiger partial charge on any atom is 0.263 e. The van der Waals surface area contributed by atoms with Crippen LogP contribution in [0.25, 0.3) is 16.7 Å². The van der Waals surface area contributed by atoms with Crippen LogP contribution in [-0.2, 0) is 11.3 Å². The first-order chi connectivity index (χ1) is 14.0. The lowest BCUT2D eigenvalue weighted by Gasteiger charge is -2.11. The standard InChI is InChI=1S/C19H18N6O3S/c1-4-9-24-17(27)13-7-5-6-8-14(13)25-18(24)21-22-19(25)29-12(3)16(26)20-15-10-11(2)23-28-15/h4-8,10,12H,1,9H2,2-3H3,(H,20,26). The molecule has 0 aliphatic heterocycles. The molecule has 0 bridgehead atoms. The molecule has 0 spiro atoms. The topological polar surface area (TPSA) is 107 Å². The molecule has 0 saturated heterocycles. The van der Waals surface area contributed by atoms with Crippen molar-refractivity contribution in [2.24, 2.45) is 0 Å². The first kappa shape index (κ1) is 18.9. The highest BCUT2D eigenvalue weighted by Crippen LogP contribution is 2.26. The van der Waals surface area contributed by atoms with Crippen molar-refractivity contribution in [1.82, 2.24) is 24.3 Å². The minimum absolute atomic E-state index is 0.163. The van der Waals surface area contributed by atoms with Crippen LogP contribution in [0.4, 0.5) is 5.88 Å². The summed E-state index contributed by atoms with van der Waals surface area (Å²) in [6.07, 6.45) is 1.63. The van der Waals surface area contributed by atoms with Gasteiger partial charge in [-0.1, -0.05) is 35.1 Å². The Morgan fingerprint density at radius 2 is 2.17 bits per heavy atom. The van der Waals surface area contributed by atoms with E-state index in [9.17, 15) is 9.59 Å². The van der Waals surface area contributed by atoms with Gasteiger partial charge in [-0.3, -0.25) is 23.9 Å². The normalized spacial score (nSPS) is 12.3. The maximum atomic E-state index is 12.8. The van der Waals surface area contributed by atoms with E-state index in [1.54, 1.807) is 42.5 Å². The Balaban J connectivity index is 1.73. The molecule has 0 radical (unpaired) electrons. The zero-order valence-electron chi connectivity index (χ0n) is 15.8. The SMILES string of the molecule is C=CCn1c(=O)c2ccccc2n2c(SC(C)C(=O)Nc3cc(C)no3)nnc12. The molecule has 10 heteroatoms. The van der Waals surface area contributed by atoms with Crippen LogP contribution in [0.15, 0.2) is 57.5 Å². The summed E-state index contributed by atoms with van der Waals surface area (Å²) in [5.74, 6) is 0.428. The Bertz CT molecular complexity index is 1290. The zero-order chi connectivity index (χ0) is 20.5. The number of anilines is 1. The van der Waals surface area contributed by atoms with Gasteiger partial charge < -0.3 is 4.52 Å². The van der Waals surface area contributed by atoms with Crippen LogP contribution >= 0.6 is 11.8 Å². The lowest BCUT2D eigenvalue weighted by Crippen LogP contribution is -2.24. The number of thioether (sulfide) groups is 1. The third-order valence-electron chi connectivity index (χ3n) is 4.32. The van der Waals surface area contributed by atoms with E-state index >= 15 is 0 Å². The molecule has 1 aromatic carbocycles. The number of carbonyl (C=O) groups excluding carboxylic acids is 1. The highest BCUT2D eigenvalue weighted by molar-refractivity contribution is 8.00. The maximum absolute atomic E-state index is 12.8. The number of aryl methyl sites for hydroxylation is 1. The first-order valence-electron chi connectivity index (χ1n) is 8.88. The van der Waals surface area contributed by atoms with Crippen LogP contribution in [0, 0.1) is 6.92 Å². The molecule has 1 N–H and O–H groups in total. The van der Waals surface area contributed by atoms with Crippen LogP contribution in [0.2, 0.25) is 0 Å². The van der Waals surface area contributed by atoms with Crippen LogP contribution < -0.4 is 10.9 Å². The van der Waals surface area contributed by atoms with Crippen molar-refractivity contribution in [2.45, 2.75) is 30.8 Å². The smallest absolute Gasteiger partial charge is 0.263 e. The van der Waals surface area contributed by atoms with Crippen LogP contribution in [0.5, 0.6) is 0 Å². The highest BCUT2D eigenvalue weighted by Gasteiger charge is 2.22. The van der Waals surface area contributed by atoms with Gasteiger partial charge in [-0.05, 0) is 26.0 Å². The summed E-state index contributed by atoms with van der Waals surface area (Å²) in [6, 6.07) is 8.88. The molecular weight excluding hydrogens is 392 g/mol. The van der Waals surface area contributed by atoms with Gasteiger partial charge in [0.05, 0.1) is 21.8 Å². The molecule has 0 fully saturated rings. The molecule has 4 rings (SSSR count). The number of hydrogen-bond donors (Lipinski definition) is 1. The Kier molecular flexibility index (Phi) is 4.93. The Hall–Kier alpha value is -3.40. The summed E-state index contributed by atoms with van der Waals surface area (Å²) in [5.41, 5.74) is 1.19. The summed E-state index contributed by atoms with van der Waals surface area (Å²) >= 11 is 1.24. The molecule has 1 amide bonds. The molecule has 0 saturated carbocycles. The second-order valence-corrected chi connectivity index (χ2v) is 7.73. The number of fused-ring (bicyclic) bond motifs is 3. The highest BCUT2D eigenvalue weighted by atomic mass is 32.2. The number of benzene rings is 1. The molecule has 0 aliphatic rings. The number of amides is 1. The van der Waals surface area contributed by atoms with Crippen molar-refractivity contribution in [3.8, 4) is 0 Å². The van der Waals surface area contributed by atoms with E-state index < -0.39 is 5.25 Å². The number of nitrogens with zero attached hydrogens (tertiary/aromatic N) is 5. The van der Waals surface area contributed by atoms with Crippen molar-refractivity contribution in [1.29, 1.82) is 0 Å². The van der Waals surface area contributed by atoms with Crippen LogP contribution in [-0.4, -0.2) is 35.5 Å². The molecule has 148 valence electrons. The summed E-state index contributed by atoms with van der Waals surface area (Å²) in [4.78, 5) is 25.3. The Labute approximate surface area is 169 Å². The summed E-state index contributed by atoms with van der Waals surface area (Å²) in [5, 5.41) is 15.4. The van der Waals surface area contributed by atoms with Crippen molar-refractivity contribution in [2.75, 3.05) is 5.32 Å². The molecule has 9 nitrogen and oxygen atoms in total. The molecule has 0 aliphatic carbocycles. The number of hydrogen-bond acceptors (Lipinski definition) is 7. The minimum atomic E-state index is -0.494. The summed E-state index contributed by atoms with van der Waals surface area (Å²) in [7, 11) is 0. The third-order valence-corrected chi connectivity index (χ3v) is 5.36. The fraction of sp³-hybridized carbons (Fsp3) is 0.211. The zero-order valence-corrected chi connectivity index (χ0v) is 16.6. The molecule has 3 aromatic heterocycles. The molecule has 1 atom stereocenters. The van der Waals surface area contributed by atoms with Gasteiger partial charge in [0, 0.05) is 12.6 Å². The molecule has 1 unspecified atom stereocenters. The number of aromatic nitrogens is 5. The summed E-state index contributed by atoms with van der Waals surface area (Å²) < 4.78 is 8.33. The van der Waals surface area contributed by atoms with E-state index in [2.05, 4.69) is 27.2 Å². The minimum Gasteiger partial charge on any atom is -0.338 e. The number of carbonyl (C=O) groups is 1. The van der Waals surface area contributed by atoms with Crippen molar-refractivity contribution >= 4 is 40.2 Å². The Morgan fingerprint density at radius 3 is 2.90 bits per heavy atom. The van der Waals surface area contributed by atoms with Gasteiger partial charge >= 0.3 is 0 Å². The molecular formula is C19H18N6O3S. The fourth-order valence-electron chi connectivity index (χ4n) is 2.96.